The van der Waals surface area contributed by atoms with Gasteiger partial charge in [-0.1, -0.05) is 336 Å². The zero-order chi connectivity index (χ0) is 67.5. The van der Waals surface area contributed by atoms with Crippen molar-refractivity contribution in [2.75, 3.05) is 39.6 Å². The van der Waals surface area contributed by atoms with Crippen molar-refractivity contribution >= 4 is 39.5 Å². The first-order valence-corrected chi connectivity index (χ1v) is 41.3. The highest BCUT2D eigenvalue weighted by Crippen LogP contribution is 2.45. The van der Waals surface area contributed by atoms with E-state index in [-0.39, 0.29) is 25.7 Å². The molecule has 0 heterocycles. The summed E-state index contributed by atoms with van der Waals surface area (Å²) in [6.07, 6.45) is 56.9. The molecule has 0 aliphatic carbocycles. The van der Waals surface area contributed by atoms with Gasteiger partial charge in [-0.15, -0.1) is 0 Å². The Bertz CT molecular complexity index is 1760. The van der Waals surface area contributed by atoms with Crippen LogP contribution in [0, 0.1) is 0 Å². The van der Waals surface area contributed by atoms with Crippen LogP contribution in [0.4, 0.5) is 0 Å². The van der Waals surface area contributed by atoms with Crippen molar-refractivity contribution in [1.82, 2.24) is 0 Å². The predicted octanol–water partition coefficient (Wildman–Crippen LogP) is 21.4. The van der Waals surface area contributed by atoms with E-state index in [1.807, 2.05) is 0 Å². The first-order valence-electron chi connectivity index (χ1n) is 38.3. The van der Waals surface area contributed by atoms with Crippen LogP contribution in [-0.4, -0.2) is 96.7 Å². The summed E-state index contributed by atoms with van der Waals surface area (Å²) in [5.41, 5.74) is 0. The Morgan fingerprint density at radius 3 is 0.641 bits per heavy atom. The molecule has 0 aliphatic heterocycles. The Morgan fingerprint density at radius 1 is 0.261 bits per heavy atom. The maximum atomic E-state index is 13.0. The van der Waals surface area contributed by atoms with E-state index in [9.17, 15) is 43.2 Å². The average molecular weight is 1350 g/mol. The lowest BCUT2D eigenvalue weighted by molar-refractivity contribution is -0.161. The van der Waals surface area contributed by atoms with Crippen LogP contribution in [0.3, 0.4) is 0 Å². The van der Waals surface area contributed by atoms with Crippen LogP contribution in [0.1, 0.15) is 387 Å². The number of rotatable bonds is 74. The maximum absolute atomic E-state index is 13.0. The lowest BCUT2D eigenvalue weighted by atomic mass is 10.0. The molecule has 3 N–H and O–H groups in total. The molecule has 0 aliphatic rings. The monoisotopic (exact) mass is 1350 g/mol. The zero-order valence-corrected chi connectivity index (χ0v) is 61.3. The summed E-state index contributed by atoms with van der Waals surface area (Å²) in [5.74, 6) is -2.12. The van der Waals surface area contributed by atoms with E-state index >= 15 is 0 Å². The van der Waals surface area contributed by atoms with Gasteiger partial charge in [0, 0.05) is 25.7 Å². The third-order valence-electron chi connectivity index (χ3n) is 17.1. The van der Waals surface area contributed by atoms with Crippen LogP contribution in [0.2, 0.25) is 0 Å². The molecule has 546 valence electrons. The zero-order valence-electron chi connectivity index (χ0n) is 59.5. The van der Waals surface area contributed by atoms with E-state index in [0.717, 1.165) is 103 Å². The Labute approximate surface area is 562 Å². The summed E-state index contributed by atoms with van der Waals surface area (Å²) in [4.78, 5) is 72.6. The minimum Gasteiger partial charge on any atom is -0.462 e. The highest BCUT2D eigenvalue weighted by molar-refractivity contribution is 7.47. The van der Waals surface area contributed by atoms with Crippen molar-refractivity contribution in [2.45, 2.75) is 406 Å². The van der Waals surface area contributed by atoms with Crippen molar-refractivity contribution < 1.29 is 80.2 Å². The van der Waals surface area contributed by atoms with Gasteiger partial charge in [-0.25, -0.2) is 9.13 Å². The Balaban J connectivity index is 5.16. The van der Waals surface area contributed by atoms with Gasteiger partial charge in [0.2, 0.25) is 0 Å². The molecule has 17 nitrogen and oxygen atoms in total. The number of phosphoric ester groups is 2. The standard InChI is InChI=1S/C73H142O17P2/c1-5-9-13-17-21-24-27-30-33-36-39-42-46-49-53-57-70(75)83-63-68(89-72(77)59-55-51-45-20-16-12-8-4)65-87-91(79,80)85-61-67(74)62-86-92(81,82)88-66-69(90-73(78)60-56-52-48-44-41-38-35-32-29-26-23-19-15-11-7-3)64-84-71(76)58-54-50-47-43-40-37-34-31-28-25-22-18-14-10-6-2/h67-69,74H,5-66H2,1-4H3,(H,79,80)(H,81,82)/t67-,68+,69+/m0/s1. The SMILES string of the molecule is CCCCCCCCCCCCCCCCCC(=O)OC[C@H](COP(=O)(O)OC[C@H](O)COP(=O)(O)OC[C@@H](COC(=O)CCCCCCCCCCCCCCCCC)OC(=O)CCCCCCCCCCCCCCCCC)OC(=O)CCCCCCCCC. The van der Waals surface area contributed by atoms with Gasteiger partial charge in [0.15, 0.2) is 12.2 Å². The molecule has 0 spiro atoms. The third-order valence-corrected chi connectivity index (χ3v) is 19.0. The highest BCUT2D eigenvalue weighted by Gasteiger charge is 2.30. The number of esters is 4. The van der Waals surface area contributed by atoms with E-state index < -0.39 is 97.5 Å². The molecule has 5 atom stereocenters. The number of carbonyl (C=O) groups excluding carboxylic acids is 4. The molecule has 0 radical (unpaired) electrons. The van der Waals surface area contributed by atoms with Gasteiger partial charge in [0.1, 0.15) is 19.3 Å². The van der Waals surface area contributed by atoms with E-state index in [2.05, 4.69) is 27.7 Å². The molecular formula is C73H142O17P2. The Kier molecular flexibility index (Phi) is 66.2. The molecule has 0 amide bonds. The van der Waals surface area contributed by atoms with Crippen molar-refractivity contribution in [3.8, 4) is 0 Å². The molecule has 0 bridgehead atoms. The van der Waals surface area contributed by atoms with Gasteiger partial charge >= 0.3 is 39.5 Å². The lowest BCUT2D eigenvalue weighted by Gasteiger charge is -2.21. The van der Waals surface area contributed by atoms with Gasteiger partial charge in [-0.05, 0) is 25.7 Å². The van der Waals surface area contributed by atoms with E-state index in [1.54, 1.807) is 0 Å². The van der Waals surface area contributed by atoms with Crippen molar-refractivity contribution in [3.05, 3.63) is 0 Å². The summed E-state index contributed by atoms with van der Waals surface area (Å²) in [7, 11) is -9.90. The first-order chi connectivity index (χ1) is 44.7. The first kappa shape index (κ1) is 90.1. The average Bonchev–Trinajstić information content (AvgIpc) is 1.73. The number of unbranched alkanes of at least 4 members (excludes halogenated alkanes) is 48. The molecule has 0 saturated carbocycles. The van der Waals surface area contributed by atoms with Crippen LogP contribution in [0.25, 0.3) is 0 Å². The summed E-state index contributed by atoms with van der Waals surface area (Å²) in [6, 6.07) is 0. The molecule has 0 fully saturated rings. The largest absolute Gasteiger partial charge is 0.472 e. The second kappa shape index (κ2) is 67.6. The normalized spacial score (nSPS) is 13.9. The predicted molar refractivity (Wildman–Crippen MR) is 372 cm³/mol. The second-order valence-corrected chi connectivity index (χ2v) is 29.2. The molecule has 0 rings (SSSR count). The van der Waals surface area contributed by atoms with Crippen LogP contribution in [-0.2, 0) is 65.4 Å². The van der Waals surface area contributed by atoms with Gasteiger partial charge in [0.05, 0.1) is 26.4 Å². The van der Waals surface area contributed by atoms with Crippen molar-refractivity contribution in [1.29, 1.82) is 0 Å². The third kappa shape index (κ3) is 66.7. The molecule has 0 aromatic rings. The van der Waals surface area contributed by atoms with Gasteiger partial charge in [-0.2, -0.15) is 0 Å². The van der Waals surface area contributed by atoms with Crippen LogP contribution in [0.15, 0.2) is 0 Å². The van der Waals surface area contributed by atoms with Crippen molar-refractivity contribution in [3.63, 3.8) is 0 Å². The molecule has 19 heteroatoms. The number of hydrogen-bond acceptors (Lipinski definition) is 15. The molecule has 0 aromatic heterocycles. The summed E-state index contributed by atoms with van der Waals surface area (Å²) in [5, 5.41) is 10.6. The minimum absolute atomic E-state index is 0.105. The molecule has 92 heavy (non-hydrogen) atoms. The number of hydrogen-bond donors (Lipinski definition) is 3. The van der Waals surface area contributed by atoms with E-state index in [1.165, 1.54) is 205 Å². The minimum atomic E-state index is -4.95. The highest BCUT2D eigenvalue weighted by atomic mass is 31.2. The number of aliphatic hydroxyl groups excluding tert-OH is 1. The fraction of sp³-hybridized carbons (Fsp3) is 0.945. The smallest absolute Gasteiger partial charge is 0.462 e. The summed E-state index contributed by atoms with van der Waals surface area (Å²) in [6.45, 7) is 4.94. The van der Waals surface area contributed by atoms with Gasteiger partial charge < -0.3 is 33.8 Å². The van der Waals surface area contributed by atoms with E-state index in [4.69, 9.17) is 37.0 Å². The number of aliphatic hydroxyl groups is 1. The molecule has 0 saturated heterocycles. The molecule has 0 aromatic carbocycles. The quantitative estimate of drug-likeness (QED) is 0.0222. The Hall–Kier alpha value is -1.94. The fourth-order valence-electron chi connectivity index (χ4n) is 11.2. The van der Waals surface area contributed by atoms with E-state index in [0.29, 0.717) is 25.7 Å². The Morgan fingerprint density at radius 2 is 0.435 bits per heavy atom. The number of ether oxygens (including phenoxy) is 4. The molecular weight excluding hydrogens is 1210 g/mol. The number of carbonyl (C=O) groups is 4. The van der Waals surface area contributed by atoms with Gasteiger partial charge in [-0.3, -0.25) is 37.3 Å². The maximum Gasteiger partial charge on any atom is 0.472 e. The van der Waals surface area contributed by atoms with Crippen molar-refractivity contribution in [2.24, 2.45) is 0 Å². The van der Waals surface area contributed by atoms with Crippen LogP contribution >= 0.6 is 15.6 Å². The van der Waals surface area contributed by atoms with Crippen LogP contribution in [0.5, 0.6) is 0 Å². The topological polar surface area (TPSA) is 237 Å². The summed E-state index contributed by atoms with van der Waals surface area (Å²) >= 11 is 0. The second-order valence-electron chi connectivity index (χ2n) is 26.3. The fourth-order valence-corrected chi connectivity index (χ4v) is 12.8. The number of phosphoric acid groups is 2. The summed E-state index contributed by atoms with van der Waals surface area (Å²) < 4.78 is 68.3. The van der Waals surface area contributed by atoms with Gasteiger partial charge in [0.25, 0.3) is 0 Å². The lowest BCUT2D eigenvalue weighted by Crippen LogP contribution is -2.30. The molecule has 2 unspecified atom stereocenters. The van der Waals surface area contributed by atoms with Crippen LogP contribution < -0.4 is 0 Å².